The number of pyridine rings is 1. The molecule has 0 aliphatic carbocycles. The van der Waals surface area contributed by atoms with E-state index in [-0.39, 0.29) is 6.04 Å². The van der Waals surface area contributed by atoms with Crippen molar-refractivity contribution in [2.24, 2.45) is 0 Å². The zero-order valence-electron chi connectivity index (χ0n) is 11.9. The van der Waals surface area contributed by atoms with Crippen LogP contribution in [0.3, 0.4) is 0 Å². The van der Waals surface area contributed by atoms with Crippen LogP contribution in [0.2, 0.25) is 5.02 Å². The minimum atomic E-state index is -0.556. The van der Waals surface area contributed by atoms with E-state index >= 15 is 0 Å². The van der Waals surface area contributed by atoms with Gasteiger partial charge in [-0.3, -0.25) is 0 Å². The SMILES string of the molecule is CC(c1ccccc1Cl)N(C)c1ncccc1[C@H](C)O. The van der Waals surface area contributed by atoms with Crippen LogP contribution in [0.25, 0.3) is 0 Å². The van der Waals surface area contributed by atoms with Crippen molar-refractivity contribution in [3.8, 4) is 0 Å². The maximum atomic E-state index is 9.87. The Morgan fingerprint density at radius 1 is 1.10 bits per heavy atom. The van der Waals surface area contributed by atoms with Gasteiger partial charge < -0.3 is 10.0 Å². The van der Waals surface area contributed by atoms with Crippen molar-refractivity contribution in [3.63, 3.8) is 0 Å². The lowest BCUT2D eigenvalue weighted by Gasteiger charge is -2.29. The summed E-state index contributed by atoms with van der Waals surface area (Å²) in [5, 5.41) is 10.6. The highest BCUT2D eigenvalue weighted by molar-refractivity contribution is 6.31. The zero-order chi connectivity index (χ0) is 14.7. The second kappa shape index (κ2) is 6.25. The molecule has 0 fully saturated rings. The third kappa shape index (κ3) is 2.94. The van der Waals surface area contributed by atoms with Gasteiger partial charge in [0.05, 0.1) is 12.1 Å². The molecule has 0 saturated carbocycles. The maximum absolute atomic E-state index is 9.87. The minimum Gasteiger partial charge on any atom is -0.389 e. The molecule has 20 heavy (non-hydrogen) atoms. The number of halogens is 1. The fraction of sp³-hybridized carbons (Fsp3) is 0.312. The van der Waals surface area contributed by atoms with Crippen molar-refractivity contribution in [2.75, 3.05) is 11.9 Å². The standard InChI is InChI=1S/C16H19ClN2O/c1-11(13-7-4-5-9-15(13)17)19(3)16-14(12(2)20)8-6-10-18-16/h4-12,20H,1-3H3/t11?,12-/m0/s1. The minimum absolute atomic E-state index is 0.0658. The number of benzene rings is 1. The van der Waals surface area contributed by atoms with Crippen molar-refractivity contribution in [2.45, 2.75) is 26.0 Å². The van der Waals surface area contributed by atoms with Crippen molar-refractivity contribution < 1.29 is 5.11 Å². The number of nitrogens with zero attached hydrogens (tertiary/aromatic N) is 2. The summed E-state index contributed by atoms with van der Waals surface area (Å²) in [6.07, 6.45) is 1.18. The fourth-order valence-corrected chi connectivity index (χ4v) is 2.53. The molecule has 1 heterocycles. The van der Waals surface area contributed by atoms with Crippen molar-refractivity contribution in [1.82, 2.24) is 4.98 Å². The number of hydrogen-bond acceptors (Lipinski definition) is 3. The molecule has 0 spiro atoms. The van der Waals surface area contributed by atoms with Crippen molar-refractivity contribution in [3.05, 3.63) is 58.7 Å². The summed E-state index contributed by atoms with van der Waals surface area (Å²) in [4.78, 5) is 6.43. The molecule has 1 aromatic heterocycles. The first-order valence-corrected chi connectivity index (χ1v) is 7.00. The molecule has 0 saturated heterocycles. The highest BCUT2D eigenvalue weighted by atomic mass is 35.5. The van der Waals surface area contributed by atoms with E-state index in [0.29, 0.717) is 0 Å². The van der Waals surface area contributed by atoms with Crippen LogP contribution in [-0.4, -0.2) is 17.1 Å². The Labute approximate surface area is 124 Å². The molecule has 106 valence electrons. The molecule has 0 bridgehead atoms. The normalized spacial score (nSPS) is 13.8. The number of aliphatic hydroxyl groups excluding tert-OH is 1. The van der Waals surface area contributed by atoms with E-state index in [4.69, 9.17) is 11.6 Å². The van der Waals surface area contributed by atoms with Crippen LogP contribution in [0, 0.1) is 0 Å². The summed E-state index contributed by atoms with van der Waals surface area (Å²) in [6, 6.07) is 11.6. The van der Waals surface area contributed by atoms with Crippen LogP contribution in [0.15, 0.2) is 42.6 Å². The van der Waals surface area contributed by atoms with Gasteiger partial charge in [0.25, 0.3) is 0 Å². The first-order valence-electron chi connectivity index (χ1n) is 6.62. The van der Waals surface area contributed by atoms with E-state index in [9.17, 15) is 5.11 Å². The van der Waals surface area contributed by atoms with Crippen LogP contribution in [0.5, 0.6) is 0 Å². The largest absolute Gasteiger partial charge is 0.389 e. The van der Waals surface area contributed by atoms with Crippen LogP contribution in [-0.2, 0) is 0 Å². The third-order valence-corrected chi connectivity index (χ3v) is 3.88. The second-order valence-corrected chi connectivity index (χ2v) is 5.31. The molecule has 2 atom stereocenters. The number of aromatic nitrogens is 1. The Kier molecular flexibility index (Phi) is 4.63. The van der Waals surface area contributed by atoms with E-state index in [1.54, 1.807) is 13.1 Å². The summed E-state index contributed by atoms with van der Waals surface area (Å²) >= 11 is 6.26. The van der Waals surface area contributed by atoms with E-state index in [1.807, 2.05) is 48.3 Å². The average molecular weight is 291 g/mol. The van der Waals surface area contributed by atoms with Gasteiger partial charge in [0.15, 0.2) is 0 Å². The molecule has 0 aliphatic heterocycles. The number of hydrogen-bond donors (Lipinski definition) is 1. The number of rotatable bonds is 4. The summed E-state index contributed by atoms with van der Waals surface area (Å²) in [5.41, 5.74) is 1.85. The average Bonchev–Trinajstić information content (AvgIpc) is 2.46. The van der Waals surface area contributed by atoms with Gasteiger partial charge in [-0.2, -0.15) is 0 Å². The number of aliphatic hydroxyl groups is 1. The predicted octanol–water partition coefficient (Wildman–Crippen LogP) is 3.99. The van der Waals surface area contributed by atoms with Crippen molar-refractivity contribution in [1.29, 1.82) is 0 Å². The fourth-order valence-electron chi connectivity index (χ4n) is 2.24. The monoisotopic (exact) mass is 290 g/mol. The van der Waals surface area contributed by atoms with Gasteiger partial charge in [-0.05, 0) is 31.5 Å². The van der Waals surface area contributed by atoms with Crippen LogP contribution >= 0.6 is 11.6 Å². The van der Waals surface area contributed by atoms with E-state index < -0.39 is 6.10 Å². The Hall–Kier alpha value is -1.58. The first-order chi connectivity index (χ1) is 9.52. The molecule has 0 amide bonds. The highest BCUT2D eigenvalue weighted by Gasteiger charge is 2.19. The quantitative estimate of drug-likeness (QED) is 0.925. The van der Waals surface area contributed by atoms with Gasteiger partial charge in [-0.25, -0.2) is 4.98 Å². The summed E-state index contributed by atoms with van der Waals surface area (Å²) in [5.74, 6) is 0.773. The highest BCUT2D eigenvalue weighted by Crippen LogP contribution is 2.32. The second-order valence-electron chi connectivity index (χ2n) is 4.90. The molecular formula is C16H19ClN2O. The maximum Gasteiger partial charge on any atom is 0.134 e. The third-order valence-electron chi connectivity index (χ3n) is 3.54. The van der Waals surface area contributed by atoms with Gasteiger partial charge in [-0.1, -0.05) is 35.9 Å². The molecule has 0 radical (unpaired) electrons. The Morgan fingerprint density at radius 3 is 2.40 bits per heavy atom. The summed E-state index contributed by atoms with van der Waals surface area (Å²) < 4.78 is 0. The number of anilines is 1. The molecule has 4 heteroatoms. The van der Waals surface area contributed by atoms with Gasteiger partial charge in [0.1, 0.15) is 5.82 Å². The zero-order valence-corrected chi connectivity index (χ0v) is 12.7. The molecular weight excluding hydrogens is 272 g/mol. The Morgan fingerprint density at radius 2 is 1.75 bits per heavy atom. The topological polar surface area (TPSA) is 36.4 Å². The summed E-state index contributed by atoms with van der Waals surface area (Å²) in [6.45, 7) is 3.82. The Bertz CT molecular complexity index is 586. The van der Waals surface area contributed by atoms with E-state index in [2.05, 4.69) is 11.9 Å². The molecule has 1 unspecified atom stereocenters. The smallest absolute Gasteiger partial charge is 0.134 e. The van der Waals surface area contributed by atoms with Gasteiger partial charge in [0.2, 0.25) is 0 Å². The predicted molar refractivity (Wildman–Crippen MR) is 83.1 cm³/mol. The van der Waals surface area contributed by atoms with Gasteiger partial charge in [0, 0.05) is 23.8 Å². The molecule has 0 aliphatic rings. The van der Waals surface area contributed by atoms with Crippen LogP contribution < -0.4 is 4.90 Å². The molecule has 1 N–H and O–H groups in total. The lowest BCUT2D eigenvalue weighted by atomic mass is 10.1. The Balaban J connectivity index is 2.37. The van der Waals surface area contributed by atoms with Gasteiger partial charge in [-0.15, -0.1) is 0 Å². The first kappa shape index (κ1) is 14.8. The van der Waals surface area contributed by atoms with Crippen LogP contribution in [0.4, 0.5) is 5.82 Å². The molecule has 2 aromatic rings. The summed E-state index contributed by atoms with van der Waals surface area (Å²) in [7, 11) is 1.96. The van der Waals surface area contributed by atoms with E-state index in [0.717, 1.165) is 22.0 Å². The lowest BCUT2D eigenvalue weighted by Crippen LogP contribution is -2.24. The molecule has 3 nitrogen and oxygen atoms in total. The van der Waals surface area contributed by atoms with E-state index in [1.165, 1.54) is 0 Å². The molecule has 1 aromatic carbocycles. The molecule has 2 rings (SSSR count). The van der Waals surface area contributed by atoms with Gasteiger partial charge >= 0.3 is 0 Å². The van der Waals surface area contributed by atoms with Crippen LogP contribution in [0.1, 0.15) is 37.1 Å². The lowest BCUT2D eigenvalue weighted by molar-refractivity contribution is 0.199. The van der Waals surface area contributed by atoms with Crippen molar-refractivity contribution >= 4 is 17.4 Å².